The van der Waals surface area contributed by atoms with Crippen molar-refractivity contribution in [3.05, 3.63) is 29.8 Å². The maximum absolute atomic E-state index is 6.04. The molecule has 2 fully saturated rings. The number of nitrogens with one attached hydrogen (secondary N) is 1. The highest BCUT2D eigenvalue weighted by atomic mass is 16.5. The van der Waals surface area contributed by atoms with Gasteiger partial charge in [-0.1, -0.05) is 32.0 Å². The van der Waals surface area contributed by atoms with Crippen LogP contribution in [0.3, 0.4) is 0 Å². The summed E-state index contributed by atoms with van der Waals surface area (Å²) in [7, 11) is 0. The van der Waals surface area contributed by atoms with Gasteiger partial charge in [0.25, 0.3) is 0 Å². The third kappa shape index (κ3) is 6.61. The van der Waals surface area contributed by atoms with Crippen LogP contribution in [-0.4, -0.2) is 81.4 Å². The average molecular weight is 403 g/mol. The molecule has 1 aromatic rings. The fourth-order valence-corrected chi connectivity index (χ4v) is 4.14. The summed E-state index contributed by atoms with van der Waals surface area (Å²) in [6.07, 6.45) is 1.24. The second-order valence-electron chi connectivity index (χ2n) is 8.29. The second kappa shape index (κ2) is 11.4. The molecule has 1 atom stereocenters. The number of guanidine groups is 1. The lowest BCUT2D eigenvalue weighted by molar-refractivity contribution is 0.0315. The Morgan fingerprint density at radius 1 is 1.24 bits per heavy atom. The van der Waals surface area contributed by atoms with Crippen LogP contribution in [0, 0.1) is 5.92 Å². The minimum Gasteiger partial charge on any atom is -0.491 e. The highest BCUT2D eigenvalue weighted by Crippen LogP contribution is 2.25. The molecule has 6 nitrogen and oxygen atoms in total. The van der Waals surface area contributed by atoms with Gasteiger partial charge in [0.2, 0.25) is 0 Å². The zero-order valence-electron chi connectivity index (χ0n) is 18.4. The average Bonchev–Trinajstić information content (AvgIpc) is 3.19. The largest absolute Gasteiger partial charge is 0.491 e. The van der Waals surface area contributed by atoms with E-state index >= 15 is 0 Å². The second-order valence-corrected chi connectivity index (χ2v) is 8.29. The van der Waals surface area contributed by atoms with Crippen molar-refractivity contribution >= 4 is 5.96 Å². The van der Waals surface area contributed by atoms with Crippen LogP contribution in [0.25, 0.3) is 0 Å². The van der Waals surface area contributed by atoms with Crippen molar-refractivity contribution in [3.63, 3.8) is 0 Å². The summed E-state index contributed by atoms with van der Waals surface area (Å²) in [5.41, 5.74) is 1.26. The van der Waals surface area contributed by atoms with Crippen LogP contribution in [0.2, 0.25) is 0 Å². The summed E-state index contributed by atoms with van der Waals surface area (Å²) in [5, 5.41) is 3.46. The van der Waals surface area contributed by atoms with Gasteiger partial charge < -0.3 is 19.7 Å². The molecule has 0 amide bonds. The first-order valence-corrected chi connectivity index (χ1v) is 11.2. The van der Waals surface area contributed by atoms with Crippen LogP contribution in [-0.2, 0) is 4.74 Å². The van der Waals surface area contributed by atoms with E-state index in [1.165, 1.54) is 18.5 Å². The summed E-state index contributed by atoms with van der Waals surface area (Å²) in [5.74, 6) is 3.18. The number of morpholine rings is 1. The summed E-state index contributed by atoms with van der Waals surface area (Å²) >= 11 is 0. The Balaban J connectivity index is 1.48. The summed E-state index contributed by atoms with van der Waals surface area (Å²) in [4.78, 5) is 9.80. The number of aliphatic imine (C=N–C) groups is 1. The lowest BCUT2D eigenvalue weighted by atomic mass is 10.0. The molecule has 2 aliphatic rings. The van der Waals surface area contributed by atoms with Crippen LogP contribution in [0.4, 0.5) is 0 Å². The van der Waals surface area contributed by atoms with Crippen molar-refractivity contribution < 1.29 is 9.47 Å². The SMILES string of the molecule is CCNC(=NCCOc1ccccc1C(C)C)N1CCC(CN2CCOCC2)C1. The van der Waals surface area contributed by atoms with E-state index in [0.717, 1.165) is 57.6 Å². The molecule has 2 heterocycles. The van der Waals surface area contributed by atoms with Gasteiger partial charge in [-0.2, -0.15) is 0 Å². The fraction of sp³-hybridized carbons (Fsp3) is 0.696. The Kier molecular flexibility index (Phi) is 8.62. The molecule has 29 heavy (non-hydrogen) atoms. The van der Waals surface area contributed by atoms with E-state index in [-0.39, 0.29) is 0 Å². The van der Waals surface area contributed by atoms with Crippen LogP contribution >= 0.6 is 0 Å². The van der Waals surface area contributed by atoms with Gasteiger partial charge in [0.15, 0.2) is 5.96 Å². The highest BCUT2D eigenvalue weighted by Gasteiger charge is 2.27. The van der Waals surface area contributed by atoms with E-state index < -0.39 is 0 Å². The zero-order chi connectivity index (χ0) is 20.5. The van der Waals surface area contributed by atoms with E-state index in [0.29, 0.717) is 25.0 Å². The molecule has 1 N–H and O–H groups in total. The van der Waals surface area contributed by atoms with Crippen molar-refractivity contribution in [1.29, 1.82) is 0 Å². The number of rotatable bonds is 8. The third-order valence-corrected chi connectivity index (χ3v) is 5.69. The van der Waals surface area contributed by atoms with Gasteiger partial charge in [0.1, 0.15) is 12.4 Å². The van der Waals surface area contributed by atoms with Gasteiger partial charge >= 0.3 is 0 Å². The Morgan fingerprint density at radius 3 is 2.79 bits per heavy atom. The Morgan fingerprint density at radius 2 is 2.03 bits per heavy atom. The number of benzene rings is 1. The zero-order valence-corrected chi connectivity index (χ0v) is 18.4. The van der Waals surface area contributed by atoms with Crippen LogP contribution < -0.4 is 10.1 Å². The minimum atomic E-state index is 0.458. The molecule has 0 aliphatic carbocycles. The topological polar surface area (TPSA) is 49.3 Å². The van der Waals surface area contributed by atoms with E-state index in [1.54, 1.807) is 0 Å². The number of hydrogen-bond acceptors (Lipinski definition) is 4. The Labute approximate surface area is 176 Å². The number of hydrogen-bond donors (Lipinski definition) is 1. The molecule has 2 saturated heterocycles. The summed E-state index contributed by atoms with van der Waals surface area (Å²) in [6, 6.07) is 8.31. The van der Waals surface area contributed by atoms with Crippen molar-refractivity contribution in [2.24, 2.45) is 10.9 Å². The molecule has 1 aromatic carbocycles. The van der Waals surface area contributed by atoms with Gasteiger partial charge in [-0.25, -0.2) is 4.99 Å². The minimum absolute atomic E-state index is 0.458. The molecular formula is C23H38N4O2. The van der Waals surface area contributed by atoms with Gasteiger partial charge in [0, 0.05) is 39.3 Å². The monoisotopic (exact) mass is 402 g/mol. The molecule has 0 spiro atoms. The number of para-hydroxylation sites is 1. The predicted molar refractivity (Wildman–Crippen MR) is 119 cm³/mol. The first-order valence-electron chi connectivity index (χ1n) is 11.2. The Bertz CT molecular complexity index is 644. The van der Waals surface area contributed by atoms with Crippen molar-refractivity contribution in [3.8, 4) is 5.75 Å². The summed E-state index contributed by atoms with van der Waals surface area (Å²) < 4.78 is 11.5. The van der Waals surface area contributed by atoms with Gasteiger partial charge in [-0.3, -0.25) is 4.90 Å². The molecule has 0 bridgehead atoms. The molecule has 0 saturated carbocycles. The Hall–Kier alpha value is -1.79. The van der Waals surface area contributed by atoms with Gasteiger partial charge in [-0.05, 0) is 36.8 Å². The third-order valence-electron chi connectivity index (χ3n) is 5.69. The molecule has 162 valence electrons. The van der Waals surface area contributed by atoms with Crippen LogP contribution in [0.5, 0.6) is 5.75 Å². The molecule has 0 aromatic heterocycles. The molecule has 0 radical (unpaired) electrons. The normalized spacial score (nSPS) is 21.0. The fourth-order valence-electron chi connectivity index (χ4n) is 4.14. The van der Waals surface area contributed by atoms with Gasteiger partial charge in [0.05, 0.1) is 19.8 Å². The number of ether oxygens (including phenoxy) is 2. The lowest BCUT2D eigenvalue weighted by Gasteiger charge is -2.29. The molecule has 1 unspecified atom stereocenters. The molecular weight excluding hydrogens is 364 g/mol. The van der Waals surface area contributed by atoms with E-state index in [9.17, 15) is 0 Å². The van der Waals surface area contributed by atoms with E-state index in [2.05, 4.69) is 54.1 Å². The predicted octanol–water partition coefficient (Wildman–Crippen LogP) is 2.81. The van der Waals surface area contributed by atoms with Crippen molar-refractivity contribution in [2.45, 2.75) is 33.1 Å². The van der Waals surface area contributed by atoms with E-state index in [1.807, 2.05) is 6.07 Å². The smallest absolute Gasteiger partial charge is 0.194 e. The number of likely N-dealkylation sites (tertiary alicyclic amines) is 1. The molecule has 3 rings (SSSR count). The quantitative estimate of drug-likeness (QED) is 0.412. The highest BCUT2D eigenvalue weighted by molar-refractivity contribution is 5.80. The summed E-state index contributed by atoms with van der Waals surface area (Å²) in [6.45, 7) is 15.9. The molecule has 2 aliphatic heterocycles. The van der Waals surface area contributed by atoms with Crippen LogP contribution in [0.15, 0.2) is 29.3 Å². The maximum atomic E-state index is 6.04. The van der Waals surface area contributed by atoms with Crippen LogP contribution in [0.1, 0.15) is 38.7 Å². The first-order chi connectivity index (χ1) is 14.2. The van der Waals surface area contributed by atoms with Crippen molar-refractivity contribution in [2.75, 3.05) is 65.6 Å². The first kappa shape index (κ1) is 21.9. The van der Waals surface area contributed by atoms with E-state index in [4.69, 9.17) is 14.5 Å². The maximum Gasteiger partial charge on any atom is 0.194 e. The lowest BCUT2D eigenvalue weighted by Crippen LogP contribution is -2.42. The van der Waals surface area contributed by atoms with Crippen molar-refractivity contribution in [1.82, 2.24) is 15.1 Å². The molecule has 6 heteroatoms. The van der Waals surface area contributed by atoms with Gasteiger partial charge in [-0.15, -0.1) is 0 Å². The number of nitrogens with zero attached hydrogens (tertiary/aromatic N) is 3. The standard InChI is InChI=1S/C23H38N4O2/c1-4-24-23(25-10-14-29-22-8-6-5-7-21(22)19(2)3)27-11-9-20(18-27)17-26-12-15-28-16-13-26/h5-8,19-20H,4,9-18H2,1-3H3,(H,24,25).